The second kappa shape index (κ2) is 50.9. The number of allylic oxidation sites excluding steroid dienone is 7. The Bertz CT molecular complexity index is 989. The molecule has 0 aromatic carbocycles. The fraction of sp³-hybridized carbons (Fsp3) is 0.839. The molecule has 0 aliphatic carbocycles. The predicted molar refractivity (Wildman–Crippen MR) is 268 cm³/mol. The lowest BCUT2D eigenvalue weighted by molar-refractivity contribution is -0.124. The fourth-order valence-electron chi connectivity index (χ4n) is 8.19. The number of aliphatic hydroxyl groups is 3. The summed E-state index contributed by atoms with van der Waals surface area (Å²) in [5, 5.41) is 33.3. The first-order chi connectivity index (χ1) is 30.0. The Morgan fingerprint density at radius 3 is 1.08 bits per heavy atom. The van der Waals surface area contributed by atoms with Gasteiger partial charge in [-0.1, -0.05) is 249 Å². The zero-order chi connectivity index (χ0) is 44.4. The SMILES string of the molecule is CCCCC/C=C/CC/C=C/CC/C=C/C(O)C(CO)NC(=O)CC(O)CCCCCCCCCCCCCCCCC/C=C\CCCCCCCCCCCCCCCC. The van der Waals surface area contributed by atoms with E-state index >= 15 is 0 Å². The van der Waals surface area contributed by atoms with Crippen LogP contribution < -0.4 is 5.32 Å². The maximum atomic E-state index is 12.5. The molecule has 0 rings (SSSR count). The number of hydrogen-bond donors (Lipinski definition) is 4. The van der Waals surface area contributed by atoms with Crippen LogP contribution in [0.3, 0.4) is 0 Å². The van der Waals surface area contributed by atoms with Crippen molar-refractivity contribution in [2.75, 3.05) is 6.61 Å². The molecule has 3 unspecified atom stereocenters. The summed E-state index contributed by atoms with van der Waals surface area (Å²) in [7, 11) is 0. The summed E-state index contributed by atoms with van der Waals surface area (Å²) >= 11 is 0. The first-order valence-electron chi connectivity index (χ1n) is 26.9. The molecule has 5 heteroatoms. The normalized spacial score (nSPS) is 13.7. The van der Waals surface area contributed by atoms with Crippen LogP contribution in [-0.2, 0) is 4.79 Å². The molecule has 0 radical (unpaired) electrons. The molecule has 0 bridgehead atoms. The lowest BCUT2D eigenvalue weighted by Crippen LogP contribution is -2.45. The van der Waals surface area contributed by atoms with E-state index in [9.17, 15) is 20.1 Å². The van der Waals surface area contributed by atoms with Gasteiger partial charge in [0.05, 0.1) is 31.3 Å². The van der Waals surface area contributed by atoms with Gasteiger partial charge < -0.3 is 20.6 Å². The van der Waals surface area contributed by atoms with Gasteiger partial charge >= 0.3 is 0 Å². The van der Waals surface area contributed by atoms with Crippen molar-refractivity contribution in [1.82, 2.24) is 5.32 Å². The number of hydrogen-bond acceptors (Lipinski definition) is 4. The first kappa shape index (κ1) is 59.3. The molecule has 0 aromatic rings. The summed E-state index contributed by atoms with van der Waals surface area (Å²) < 4.78 is 0. The summed E-state index contributed by atoms with van der Waals surface area (Å²) in [6.45, 7) is 4.18. The van der Waals surface area contributed by atoms with Gasteiger partial charge in [0, 0.05) is 0 Å². The third-order valence-electron chi connectivity index (χ3n) is 12.3. The lowest BCUT2D eigenvalue weighted by atomic mass is 10.0. The van der Waals surface area contributed by atoms with Crippen LogP contribution in [0.1, 0.15) is 277 Å². The van der Waals surface area contributed by atoms with E-state index in [4.69, 9.17) is 0 Å². The number of unbranched alkanes of at least 4 members (excludes halogenated alkanes) is 34. The van der Waals surface area contributed by atoms with Crippen molar-refractivity contribution in [3.8, 4) is 0 Å². The van der Waals surface area contributed by atoms with Crippen LogP contribution in [0.15, 0.2) is 48.6 Å². The Labute approximate surface area is 380 Å². The van der Waals surface area contributed by atoms with Crippen LogP contribution in [-0.4, -0.2) is 46.1 Å². The van der Waals surface area contributed by atoms with E-state index in [0.717, 1.165) is 38.5 Å². The maximum absolute atomic E-state index is 12.5. The van der Waals surface area contributed by atoms with Crippen molar-refractivity contribution in [2.24, 2.45) is 0 Å². The van der Waals surface area contributed by atoms with E-state index < -0.39 is 18.2 Å². The molecule has 358 valence electrons. The molecule has 0 heterocycles. The predicted octanol–water partition coefficient (Wildman–Crippen LogP) is 16.4. The van der Waals surface area contributed by atoms with Crippen molar-refractivity contribution >= 4 is 5.91 Å². The van der Waals surface area contributed by atoms with Gasteiger partial charge in [-0.05, 0) is 70.6 Å². The number of nitrogens with one attached hydrogen (secondary N) is 1. The van der Waals surface area contributed by atoms with Gasteiger partial charge in [0.2, 0.25) is 5.91 Å². The average Bonchev–Trinajstić information content (AvgIpc) is 3.25. The topological polar surface area (TPSA) is 89.8 Å². The number of aliphatic hydroxyl groups excluding tert-OH is 3. The minimum Gasteiger partial charge on any atom is -0.394 e. The van der Waals surface area contributed by atoms with Gasteiger partial charge in [0.1, 0.15) is 0 Å². The molecular weight excluding hydrogens is 751 g/mol. The van der Waals surface area contributed by atoms with Crippen LogP contribution in [0, 0.1) is 0 Å². The lowest BCUT2D eigenvalue weighted by Gasteiger charge is -2.21. The van der Waals surface area contributed by atoms with Crippen molar-refractivity contribution < 1.29 is 20.1 Å². The minimum atomic E-state index is -0.959. The van der Waals surface area contributed by atoms with Crippen LogP contribution in [0.25, 0.3) is 0 Å². The zero-order valence-electron chi connectivity index (χ0n) is 40.8. The van der Waals surface area contributed by atoms with Gasteiger partial charge in [-0.15, -0.1) is 0 Å². The summed E-state index contributed by atoms with van der Waals surface area (Å²) in [6.07, 6.45) is 67.4. The van der Waals surface area contributed by atoms with Gasteiger partial charge in [-0.25, -0.2) is 0 Å². The summed E-state index contributed by atoms with van der Waals surface area (Å²) in [5.74, 6) is -0.329. The van der Waals surface area contributed by atoms with E-state index in [-0.39, 0.29) is 18.9 Å². The Kier molecular flexibility index (Phi) is 49.5. The van der Waals surface area contributed by atoms with Gasteiger partial charge in [0.15, 0.2) is 0 Å². The zero-order valence-corrected chi connectivity index (χ0v) is 40.8. The number of carbonyl (C=O) groups is 1. The highest BCUT2D eigenvalue weighted by Crippen LogP contribution is 2.17. The number of amides is 1. The summed E-state index contributed by atoms with van der Waals surface area (Å²) in [5.41, 5.74) is 0. The standard InChI is InChI=1S/C56H105NO4/c1-3-5-7-9-11-13-15-17-18-19-20-21-22-23-24-25-26-27-28-29-30-31-32-33-34-35-36-38-39-41-43-45-47-49-53(59)51-56(61)57-54(52-58)55(60)50-48-46-44-42-40-37-16-14-12-10-8-6-4-2/h12,14,25-26,40,42,48,50,53-55,58-60H,3-11,13,15-24,27-39,41,43-47,49,51-52H2,1-2H3,(H,57,61)/b14-12+,26-25-,42-40+,50-48+. The summed E-state index contributed by atoms with van der Waals surface area (Å²) in [6, 6.07) is -0.767. The molecule has 61 heavy (non-hydrogen) atoms. The Morgan fingerprint density at radius 2 is 0.705 bits per heavy atom. The van der Waals surface area contributed by atoms with Crippen LogP contribution in [0.5, 0.6) is 0 Å². The van der Waals surface area contributed by atoms with Crippen LogP contribution in [0.2, 0.25) is 0 Å². The van der Waals surface area contributed by atoms with Crippen molar-refractivity contribution in [2.45, 2.75) is 295 Å². The van der Waals surface area contributed by atoms with Gasteiger partial charge in [0.25, 0.3) is 0 Å². The largest absolute Gasteiger partial charge is 0.394 e. The van der Waals surface area contributed by atoms with E-state index in [1.807, 2.05) is 6.08 Å². The number of rotatable bonds is 49. The first-order valence-corrected chi connectivity index (χ1v) is 26.9. The third kappa shape index (κ3) is 47.6. The fourth-order valence-corrected chi connectivity index (χ4v) is 8.19. The quantitative estimate of drug-likeness (QED) is 0.0362. The smallest absolute Gasteiger partial charge is 0.222 e. The molecule has 0 fully saturated rings. The second-order valence-electron chi connectivity index (χ2n) is 18.5. The third-order valence-corrected chi connectivity index (χ3v) is 12.3. The molecule has 0 aliphatic rings. The Hall–Kier alpha value is -1.69. The van der Waals surface area contributed by atoms with Gasteiger partial charge in [-0.3, -0.25) is 4.79 Å². The average molecular weight is 856 g/mol. The molecule has 0 aliphatic heterocycles. The molecule has 0 saturated carbocycles. The second-order valence-corrected chi connectivity index (χ2v) is 18.5. The molecule has 4 N–H and O–H groups in total. The highest BCUT2D eigenvalue weighted by atomic mass is 16.3. The van der Waals surface area contributed by atoms with E-state index in [1.54, 1.807) is 6.08 Å². The Balaban J connectivity index is 3.52. The van der Waals surface area contributed by atoms with E-state index in [0.29, 0.717) is 6.42 Å². The molecule has 0 spiro atoms. The molecule has 5 nitrogen and oxygen atoms in total. The van der Waals surface area contributed by atoms with Crippen LogP contribution >= 0.6 is 0 Å². The van der Waals surface area contributed by atoms with Crippen molar-refractivity contribution in [3.63, 3.8) is 0 Å². The number of carbonyl (C=O) groups excluding carboxylic acids is 1. The van der Waals surface area contributed by atoms with E-state index in [1.165, 1.54) is 212 Å². The molecular formula is C56H105NO4. The molecule has 0 aromatic heterocycles. The minimum absolute atomic E-state index is 0.00286. The summed E-state index contributed by atoms with van der Waals surface area (Å²) in [4.78, 5) is 12.5. The van der Waals surface area contributed by atoms with Crippen LogP contribution in [0.4, 0.5) is 0 Å². The van der Waals surface area contributed by atoms with Gasteiger partial charge in [-0.2, -0.15) is 0 Å². The monoisotopic (exact) mass is 856 g/mol. The van der Waals surface area contributed by atoms with Crippen molar-refractivity contribution in [3.05, 3.63) is 48.6 Å². The van der Waals surface area contributed by atoms with Crippen molar-refractivity contribution in [1.29, 1.82) is 0 Å². The molecule has 1 amide bonds. The maximum Gasteiger partial charge on any atom is 0.222 e. The molecule has 0 saturated heterocycles. The highest BCUT2D eigenvalue weighted by molar-refractivity contribution is 5.76. The highest BCUT2D eigenvalue weighted by Gasteiger charge is 2.20. The molecule has 3 atom stereocenters. The van der Waals surface area contributed by atoms with E-state index in [2.05, 4.69) is 55.6 Å². The Morgan fingerprint density at radius 1 is 0.410 bits per heavy atom.